The van der Waals surface area contributed by atoms with Crippen LogP contribution >= 0.6 is 0 Å². The summed E-state index contributed by atoms with van der Waals surface area (Å²) >= 11 is 0. The number of nitrogens with one attached hydrogen (secondary N) is 2. The van der Waals surface area contributed by atoms with Gasteiger partial charge < -0.3 is 15.4 Å². The summed E-state index contributed by atoms with van der Waals surface area (Å²) < 4.78 is 5.36. The lowest BCUT2D eigenvalue weighted by molar-refractivity contribution is -0.116. The van der Waals surface area contributed by atoms with E-state index in [1.165, 1.54) is 0 Å². The fourth-order valence-corrected chi connectivity index (χ4v) is 1.50. The predicted molar refractivity (Wildman–Crippen MR) is 76.4 cm³/mol. The minimum Gasteiger partial charge on any atom is -0.476 e. The first-order valence-corrected chi connectivity index (χ1v) is 6.55. The Balaban J connectivity index is 2.48. The summed E-state index contributed by atoms with van der Waals surface area (Å²) in [5, 5.41) is 6.09. The van der Waals surface area contributed by atoms with E-state index in [0.29, 0.717) is 31.1 Å². The van der Waals surface area contributed by atoms with Crippen molar-refractivity contribution >= 4 is 11.6 Å². The number of aromatic nitrogens is 1. The van der Waals surface area contributed by atoms with Gasteiger partial charge in [-0.3, -0.25) is 4.79 Å². The van der Waals surface area contributed by atoms with Crippen molar-refractivity contribution in [3.05, 3.63) is 18.3 Å². The molecule has 0 saturated carbocycles. The maximum atomic E-state index is 11.8. The van der Waals surface area contributed by atoms with Crippen LogP contribution in [-0.4, -0.2) is 29.6 Å². The molecule has 0 unspecified atom stereocenters. The minimum absolute atomic E-state index is 0.0189. The molecule has 5 heteroatoms. The van der Waals surface area contributed by atoms with Crippen molar-refractivity contribution in [1.29, 1.82) is 0 Å². The molecule has 0 saturated heterocycles. The zero-order valence-electron chi connectivity index (χ0n) is 12.1. The Kier molecular flexibility index (Phi) is 5.76. The van der Waals surface area contributed by atoms with Crippen LogP contribution in [0.4, 0.5) is 5.69 Å². The Hall–Kier alpha value is -1.62. The van der Waals surface area contributed by atoms with Crippen molar-refractivity contribution in [3.8, 4) is 5.88 Å². The van der Waals surface area contributed by atoms with Crippen LogP contribution in [0.3, 0.4) is 0 Å². The lowest BCUT2D eigenvalue weighted by Gasteiger charge is -2.20. The van der Waals surface area contributed by atoms with Crippen LogP contribution in [0.2, 0.25) is 0 Å². The third-order valence-corrected chi connectivity index (χ3v) is 2.33. The first-order chi connectivity index (χ1) is 8.92. The highest BCUT2D eigenvalue weighted by Gasteiger charge is 2.11. The molecule has 1 heterocycles. The van der Waals surface area contributed by atoms with Gasteiger partial charge in [0.25, 0.3) is 0 Å². The van der Waals surface area contributed by atoms with Crippen LogP contribution in [0.15, 0.2) is 18.3 Å². The summed E-state index contributed by atoms with van der Waals surface area (Å²) in [6.45, 7) is 9.25. The molecule has 5 nitrogen and oxygen atoms in total. The molecule has 0 spiro atoms. The van der Waals surface area contributed by atoms with Gasteiger partial charge in [0, 0.05) is 24.7 Å². The topological polar surface area (TPSA) is 63.2 Å². The van der Waals surface area contributed by atoms with Gasteiger partial charge in [-0.15, -0.1) is 0 Å². The summed E-state index contributed by atoms with van der Waals surface area (Å²) in [7, 11) is 0. The molecule has 0 aromatic carbocycles. The van der Waals surface area contributed by atoms with Gasteiger partial charge in [0.15, 0.2) is 0 Å². The van der Waals surface area contributed by atoms with E-state index < -0.39 is 0 Å². The first-order valence-electron chi connectivity index (χ1n) is 6.55. The van der Waals surface area contributed by atoms with E-state index in [-0.39, 0.29) is 11.4 Å². The smallest absolute Gasteiger partial charge is 0.237 e. The van der Waals surface area contributed by atoms with Crippen LogP contribution in [0.5, 0.6) is 5.88 Å². The van der Waals surface area contributed by atoms with Crippen molar-refractivity contribution in [2.75, 3.05) is 18.5 Å². The number of nitrogens with zero attached hydrogens (tertiary/aromatic N) is 1. The summed E-state index contributed by atoms with van der Waals surface area (Å²) in [4.78, 5) is 15.9. The Morgan fingerprint density at radius 3 is 2.79 bits per heavy atom. The van der Waals surface area contributed by atoms with Gasteiger partial charge in [0.2, 0.25) is 11.8 Å². The molecule has 2 N–H and O–H groups in total. The molecule has 1 aromatic heterocycles. The maximum absolute atomic E-state index is 11.8. The molecule has 0 aliphatic heterocycles. The van der Waals surface area contributed by atoms with E-state index in [0.717, 1.165) is 0 Å². The number of pyridine rings is 1. The molecule has 0 atom stereocenters. The third-order valence-electron chi connectivity index (χ3n) is 2.33. The number of carbonyl (C=O) groups excluding carboxylic acids is 1. The second-order valence-corrected chi connectivity index (χ2v) is 5.26. The number of rotatable bonds is 6. The Morgan fingerprint density at radius 1 is 1.42 bits per heavy atom. The molecule has 0 bridgehead atoms. The van der Waals surface area contributed by atoms with Crippen LogP contribution in [0, 0.1) is 0 Å². The van der Waals surface area contributed by atoms with Gasteiger partial charge >= 0.3 is 0 Å². The van der Waals surface area contributed by atoms with Crippen molar-refractivity contribution in [2.45, 2.75) is 39.7 Å². The van der Waals surface area contributed by atoms with E-state index >= 15 is 0 Å². The van der Waals surface area contributed by atoms with Gasteiger partial charge in [0.1, 0.15) is 5.69 Å². The second kappa shape index (κ2) is 7.09. The Bertz CT molecular complexity index is 413. The molecular formula is C14H23N3O2. The molecule has 1 amide bonds. The number of ether oxygens (including phenoxy) is 1. The average molecular weight is 265 g/mol. The normalized spacial score (nSPS) is 11.2. The number of carbonyl (C=O) groups is 1. The molecule has 106 valence electrons. The average Bonchev–Trinajstić information content (AvgIpc) is 2.30. The fraction of sp³-hybridized carbons (Fsp3) is 0.571. The molecule has 0 aliphatic carbocycles. The first kappa shape index (κ1) is 15.4. The number of amides is 1. The molecule has 0 fully saturated rings. The maximum Gasteiger partial charge on any atom is 0.237 e. The fourth-order valence-electron chi connectivity index (χ4n) is 1.50. The van der Waals surface area contributed by atoms with Gasteiger partial charge in [-0.1, -0.05) is 0 Å². The molecule has 1 rings (SSSR count). The minimum atomic E-state index is -0.0503. The SMILES string of the molecule is CCOc1ncccc1NC(=O)CCNC(C)(C)C. The Morgan fingerprint density at radius 2 is 2.16 bits per heavy atom. The zero-order chi connectivity index (χ0) is 14.3. The summed E-state index contributed by atoms with van der Waals surface area (Å²) in [5.41, 5.74) is 0.635. The van der Waals surface area contributed by atoms with Crippen molar-refractivity contribution in [3.63, 3.8) is 0 Å². The number of hydrogen-bond donors (Lipinski definition) is 2. The lowest BCUT2D eigenvalue weighted by atomic mass is 10.1. The van der Waals surface area contributed by atoms with Crippen molar-refractivity contribution in [1.82, 2.24) is 10.3 Å². The number of anilines is 1. The Labute approximate surface area is 114 Å². The molecular weight excluding hydrogens is 242 g/mol. The predicted octanol–water partition coefficient (Wildman–Crippen LogP) is 2.20. The van der Waals surface area contributed by atoms with Crippen LogP contribution < -0.4 is 15.4 Å². The van der Waals surface area contributed by atoms with Crippen LogP contribution in [-0.2, 0) is 4.79 Å². The second-order valence-electron chi connectivity index (χ2n) is 5.26. The largest absolute Gasteiger partial charge is 0.476 e. The van der Waals surface area contributed by atoms with E-state index in [9.17, 15) is 4.79 Å². The van der Waals surface area contributed by atoms with E-state index in [2.05, 4.69) is 36.4 Å². The molecule has 0 aliphatic rings. The van der Waals surface area contributed by atoms with Gasteiger partial charge in [0.05, 0.1) is 6.61 Å². The number of hydrogen-bond acceptors (Lipinski definition) is 4. The summed E-state index contributed by atoms with van der Waals surface area (Å²) in [6.07, 6.45) is 2.06. The van der Waals surface area contributed by atoms with Crippen LogP contribution in [0.25, 0.3) is 0 Å². The van der Waals surface area contributed by atoms with Crippen LogP contribution in [0.1, 0.15) is 34.1 Å². The van der Waals surface area contributed by atoms with E-state index in [4.69, 9.17) is 4.74 Å². The van der Waals surface area contributed by atoms with Crippen molar-refractivity contribution in [2.24, 2.45) is 0 Å². The monoisotopic (exact) mass is 265 g/mol. The van der Waals surface area contributed by atoms with Gasteiger partial charge in [-0.05, 0) is 39.8 Å². The zero-order valence-corrected chi connectivity index (χ0v) is 12.1. The van der Waals surface area contributed by atoms with Gasteiger partial charge in [-0.25, -0.2) is 4.98 Å². The standard InChI is InChI=1S/C14H23N3O2/c1-5-19-13-11(7-6-9-15-13)17-12(18)8-10-16-14(2,3)4/h6-7,9,16H,5,8,10H2,1-4H3,(H,17,18). The quantitative estimate of drug-likeness (QED) is 0.827. The van der Waals surface area contributed by atoms with Gasteiger partial charge in [-0.2, -0.15) is 0 Å². The molecule has 19 heavy (non-hydrogen) atoms. The summed E-state index contributed by atoms with van der Waals surface area (Å²) in [6, 6.07) is 3.55. The molecule has 1 aromatic rings. The lowest BCUT2D eigenvalue weighted by Crippen LogP contribution is -2.37. The summed E-state index contributed by atoms with van der Waals surface area (Å²) in [5.74, 6) is 0.410. The van der Waals surface area contributed by atoms with E-state index in [1.54, 1.807) is 18.3 Å². The highest BCUT2D eigenvalue weighted by atomic mass is 16.5. The highest BCUT2D eigenvalue weighted by Crippen LogP contribution is 2.20. The van der Waals surface area contributed by atoms with Crippen molar-refractivity contribution < 1.29 is 9.53 Å². The highest BCUT2D eigenvalue weighted by molar-refractivity contribution is 5.91. The third kappa shape index (κ3) is 6.20. The molecule has 0 radical (unpaired) electrons. The van der Waals surface area contributed by atoms with E-state index in [1.807, 2.05) is 6.92 Å².